The minimum atomic E-state index is -0.339. The Morgan fingerprint density at radius 1 is 0.846 bits per heavy atom. The van der Waals surface area contributed by atoms with Crippen molar-refractivity contribution in [3.8, 4) is 5.69 Å². The molecule has 4 rings (SSSR count). The molecule has 7 nitrogen and oxygen atoms in total. The first-order valence-corrected chi connectivity index (χ1v) is 13.1. The van der Waals surface area contributed by atoms with Gasteiger partial charge in [-0.2, -0.15) is 5.10 Å². The summed E-state index contributed by atoms with van der Waals surface area (Å²) in [5, 5.41) is 10.8. The van der Waals surface area contributed by atoms with Crippen molar-refractivity contribution in [3.05, 3.63) is 107 Å². The Hall–Kier alpha value is -4.39. The lowest BCUT2D eigenvalue weighted by molar-refractivity contribution is -0.116. The fourth-order valence-electron chi connectivity index (χ4n) is 4.28. The molecule has 1 aromatic heterocycles. The van der Waals surface area contributed by atoms with E-state index in [1.54, 1.807) is 4.68 Å². The van der Waals surface area contributed by atoms with E-state index in [4.69, 9.17) is 5.10 Å². The third-order valence-electron chi connectivity index (χ3n) is 6.57. The van der Waals surface area contributed by atoms with E-state index in [1.165, 1.54) is 4.90 Å². The molecule has 3 amide bonds. The normalized spacial score (nSPS) is 11.2. The minimum absolute atomic E-state index is 0.129. The van der Waals surface area contributed by atoms with Gasteiger partial charge >= 0.3 is 6.03 Å². The Morgan fingerprint density at radius 2 is 1.49 bits per heavy atom. The number of hydrogen-bond acceptors (Lipinski definition) is 3. The Labute approximate surface area is 230 Å². The van der Waals surface area contributed by atoms with Gasteiger partial charge in [-0.25, -0.2) is 9.48 Å². The first-order chi connectivity index (χ1) is 18.5. The van der Waals surface area contributed by atoms with Crippen molar-refractivity contribution in [3.63, 3.8) is 0 Å². The van der Waals surface area contributed by atoms with E-state index in [2.05, 4.69) is 31.4 Å². The predicted octanol–water partition coefficient (Wildman–Crippen LogP) is 6.77. The molecule has 0 fully saturated rings. The molecule has 0 saturated heterocycles. The van der Waals surface area contributed by atoms with E-state index in [1.807, 2.05) is 99.6 Å². The second kappa shape index (κ2) is 11.6. The average molecular weight is 524 g/mol. The van der Waals surface area contributed by atoms with Crippen LogP contribution in [0.1, 0.15) is 48.7 Å². The molecule has 4 aromatic rings. The maximum absolute atomic E-state index is 13.5. The van der Waals surface area contributed by atoms with Crippen molar-refractivity contribution >= 4 is 23.4 Å². The highest BCUT2D eigenvalue weighted by atomic mass is 16.2. The van der Waals surface area contributed by atoms with Gasteiger partial charge in [0.25, 0.3) is 0 Å². The van der Waals surface area contributed by atoms with Crippen LogP contribution in [0.15, 0.2) is 78.9 Å². The highest BCUT2D eigenvalue weighted by Gasteiger charge is 2.24. The molecule has 2 N–H and O–H groups in total. The van der Waals surface area contributed by atoms with Gasteiger partial charge in [-0.05, 0) is 49.6 Å². The molecule has 202 valence electrons. The van der Waals surface area contributed by atoms with E-state index in [9.17, 15) is 9.59 Å². The molecule has 0 aliphatic carbocycles. The molecular weight excluding hydrogens is 486 g/mol. The summed E-state index contributed by atoms with van der Waals surface area (Å²) in [5.74, 6) is 0.250. The number of aryl methyl sites for hydroxylation is 3. The summed E-state index contributed by atoms with van der Waals surface area (Å²) in [6.45, 7) is 12.3. The van der Waals surface area contributed by atoms with Crippen LogP contribution in [0.5, 0.6) is 0 Å². The third kappa shape index (κ3) is 6.93. The van der Waals surface area contributed by atoms with Crippen LogP contribution in [0.25, 0.3) is 5.69 Å². The number of para-hydroxylation sites is 1. The van der Waals surface area contributed by atoms with Gasteiger partial charge < -0.3 is 15.5 Å². The van der Waals surface area contributed by atoms with E-state index >= 15 is 0 Å². The molecule has 7 heteroatoms. The summed E-state index contributed by atoms with van der Waals surface area (Å²) >= 11 is 0. The molecule has 39 heavy (non-hydrogen) atoms. The Kier molecular flexibility index (Phi) is 8.19. The molecule has 3 aromatic carbocycles. The summed E-state index contributed by atoms with van der Waals surface area (Å²) in [4.78, 5) is 28.4. The van der Waals surface area contributed by atoms with Crippen LogP contribution in [0.2, 0.25) is 0 Å². The van der Waals surface area contributed by atoms with Crippen LogP contribution < -0.4 is 10.6 Å². The maximum Gasteiger partial charge on any atom is 0.322 e. The number of nitrogens with zero attached hydrogens (tertiary/aromatic N) is 3. The minimum Gasteiger partial charge on any atom is -0.311 e. The average Bonchev–Trinajstić information content (AvgIpc) is 3.31. The number of amides is 3. The van der Waals surface area contributed by atoms with Gasteiger partial charge in [0, 0.05) is 23.7 Å². The molecule has 0 bridgehead atoms. The van der Waals surface area contributed by atoms with Crippen LogP contribution in [0.3, 0.4) is 0 Å². The Balaban J connectivity index is 1.60. The highest BCUT2D eigenvalue weighted by molar-refractivity contribution is 5.97. The van der Waals surface area contributed by atoms with Crippen LogP contribution in [0.4, 0.5) is 16.3 Å². The number of urea groups is 1. The fourth-order valence-corrected chi connectivity index (χ4v) is 4.28. The van der Waals surface area contributed by atoms with Crippen molar-refractivity contribution in [2.24, 2.45) is 0 Å². The van der Waals surface area contributed by atoms with Gasteiger partial charge in [-0.15, -0.1) is 0 Å². The summed E-state index contributed by atoms with van der Waals surface area (Å²) in [5.41, 5.74) is 6.25. The summed E-state index contributed by atoms with van der Waals surface area (Å²) < 4.78 is 1.75. The lowest BCUT2D eigenvalue weighted by Crippen LogP contribution is -2.40. The topological polar surface area (TPSA) is 79.3 Å². The highest BCUT2D eigenvalue weighted by Crippen LogP contribution is 2.27. The molecule has 0 radical (unpaired) electrons. The standard InChI is InChI=1S/C32H37N5O2/c1-22-15-17-26(18-16-22)37-28(19-27(35-37)32(4,5)6)33-29(38)21-36(20-25-13-8-7-9-14-25)31(39)34-30-23(2)11-10-12-24(30)3/h7-19H,20-21H2,1-6H3,(H,33,38)(H,34,39). The molecule has 1 heterocycles. The quantitative estimate of drug-likeness (QED) is 0.281. The number of anilines is 2. The molecule has 0 aliphatic rings. The monoisotopic (exact) mass is 523 g/mol. The number of carbonyl (C=O) groups excluding carboxylic acids is 2. The van der Waals surface area contributed by atoms with E-state index < -0.39 is 0 Å². The zero-order valence-electron chi connectivity index (χ0n) is 23.6. The second-order valence-corrected chi connectivity index (χ2v) is 11.0. The number of nitrogens with one attached hydrogen (secondary N) is 2. The number of benzene rings is 3. The zero-order valence-corrected chi connectivity index (χ0v) is 23.6. The lowest BCUT2D eigenvalue weighted by atomic mass is 9.92. The van der Waals surface area contributed by atoms with Crippen LogP contribution in [-0.2, 0) is 16.8 Å². The van der Waals surface area contributed by atoms with Gasteiger partial charge in [-0.1, -0.05) is 87.0 Å². The molecule has 0 aliphatic heterocycles. The zero-order chi connectivity index (χ0) is 28.2. The van der Waals surface area contributed by atoms with Gasteiger partial charge in [0.2, 0.25) is 5.91 Å². The number of rotatable bonds is 7. The predicted molar refractivity (Wildman–Crippen MR) is 157 cm³/mol. The van der Waals surface area contributed by atoms with Crippen molar-refractivity contribution < 1.29 is 9.59 Å². The fraction of sp³-hybridized carbons (Fsp3) is 0.281. The SMILES string of the molecule is Cc1ccc(-n2nc(C(C)(C)C)cc2NC(=O)CN(Cc2ccccc2)C(=O)Nc2c(C)cccc2C)cc1. The van der Waals surface area contributed by atoms with Crippen LogP contribution >= 0.6 is 0 Å². The van der Waals surface area contributed by atoms with E-state index in [0.29, 0.717) is 5.82 Å². The van der Waals surface area contributed by atoms with Gasteiger partial charge in [0.05, 0.1) is 11.4 Å². The number of hydrogen-bond donors (Lipinski definition) is 2. The Morgan fingerprint density at radius 3 is 2.10 bits per heavy atom. The maximum atomic E-state index is 13.5. The van der Waals surface area contributed by atoms with Crippen LogP contribution in [0, 0.1) is 20.8 Å². The van der Waals surface area contributed by atoms with Crippen LogP contribution in [-0.4, -0.2) is 33.2 Å². The largest absolute Gasteiger partial charge is 0.322 e. The molecular formula is C32H37N5O2. The second-order valence-electron chi connectivity index (χ2n) is 11.0. The summed E-state index contributed by atoms with van der Waals surface area (Å²) in [6.07, 6.45) is 0. The van der Waals surface area contributed by atoms with Gasteiger partial charge in [0.15, 0.2) is 0 Å². The molecule has 0 saturated carbocycles. The Bertz CT molecular complexity index is 1430. The third-order valence-corrected chi connectivity index (χ3v) is 6.57. The van der Waals surface area contributed by atoms with E-state index in [0.717, 1.165) is 39.3 Å². The first kappa shape index (κ1) is 27.6. The molecule has 0 atom stereocenters. The summed E-state index contributed by atoms with van der Waals surface area (Å²) in [6, 6.07) is 25.1. The van der Waals surface area contributed by atoms with Gasteiger partial charge in [0.1, 0.15) is 12.4 Å². The number of carbonyl (C=O) groups is 2. The first-order valence-electron chi connectivity index (χ1n) is 13.1. The number of aromatic nitrogens is 2. The lowest BCUT2D eigenvalue weighted by Gasteiger charge is -2.24. The smallest absolute Gasteiger partial charge is 0.311 e. The van der Waals surface area contributed by atoms with Crippen molar-refractivity contribution in [1.29, 1.82) is 0 Å². The van der Waals surface area contributed by atoms with Gasteiger partial charge in [-0.3, -0.25) is 4.79 Å². The van der Waals surface area contributed by atoms with Crippen molar-refractivity contribution in [2.45, 2.75) is 53.5 Å². The summed E-state index contributed by atoms with van der Waals surface area (Å²) in [7, 11) is 0. The van der Waals surface area contributed by atoms with Crippen molar-refractivity contribution in [2.75, 3.05) is 17.2 Å². The van der Waals surface area contributed by atoms with E-state index in [-0.39, 0.29) is 30.4 Å². The molecule has 0 unspecified atom stereocenters. The van der Waals surface area contributed by atoms with Crippen molar-refractivity contribution in [1.82, 2.24) is 14.7 Å². The molecule has 0 spiro atoms.